The number of hydrogen-bond acceptors (Lipinski definition) is 3. The molecule has 2 aromatic rings. The average molecular weight is 266 g/mol. The molecule has 0 fully saturated rings. The highest BCUT2D eigenvalue weighted by Gasteiger charge is 2.42. The van der Waals surface area contributed by atoms with Gasteiger partial charge in [0.15, 0.2) is 11.4 Å². The molecule has 4 heteroatoms. The summed E-state index contributed by atoms with van der Waals surface area (Å²) in [5.41, 5.74) is 1.35. The van der Waals surface area contributed by atoms with Crippen LogP contribution in [-0.4, -0.2) is 12.2 Å². The van der Waals surface area contributed by atoms with E-state index in [0.29, 0.717) is 18.7 Å². The normalized spacial score (nSPS) is 16.1. The van der Waals surface area contributed by atoms with Crippen LogP contribution in [-0.2, 0) is 15.2 Å². The van der Waals surface area contributed by atoms with Gasteiger partial charge in [-0.1, -0.05) is 65.8 Å². The third kappa shape index (κ3) is 2.05. The van der Waals surface area contributed by atoms with Crippen LogP contribution in [0, 0.1) is 0 Å². The van der Waals surface area contributed by atoms with Crippen molar-refractivity contribution in [3.63, 3.8) is 0 Å². The van der Waals surface area contributed by atoms with E-state index in [1.807, 2.05) is 60.7 Å². The fourth-order valence-corrected chi connectivity index (χ4v) is 2.47. The largest absolute Gasteiger partial charge is 0.377 e. The second-order valence-electron chi connectivity index (χ2n) is 4.63. The van der Waals surface area contributed by atoms with Crippen LogP contribution in [0.15, 0.2) is 65.8 Å². The van der Waals surface area contributed by atoms with E-state index in [1.54, 1.807) is 0 Å². The number of amidine groups is 1. The molecule has 0 spiro atoms. The zero-order chi connectivity index (χ0) is 13.8. The molecule has 0 saturated carbocycles. The van der Waals surface area contributed by atoms with E-state index in [1.165, 1.54) is 0 Å². The lowest BCUT2D eigenvalue weighted by Crippen LogP contribution is -2.31. The van der Waals surface area contributed by atoms with Crippen molar-refractivity contribution in [2.24, 2.45) is 5.16 Å². The second-order valence-corrected chi connectivity index (χ2v) is 4.63. The minimum atomic E-state index is -0.673. The molecule has 0 atom stereocenters. The Balaban J connectivity index is 2.05. The SMILES string of the molecule is O=CNC1=NOC(c2ccccc2)(c2ccccc2)C1. The van der Waals surface area contributed by atoms with Gasteiger partial charge in [-0.2, -0.15) is 0 Å². The lowest BCUT2D eigenvalue weighted by Gasteiger charge is -2.27. The van der Waals surface area contributed by atoms with Crippen molar-refractivity contribution >= 4 is 12.2 Å². The first-order chi connectivity index (χ1) is 9.85. The van der Waals surface area contributed by atoms with E-state index < -0.39 is 5.60 Å². The Hall–Kier alpha value is -2.62. The lowest BCUT2D eigenvalue weighted by molar-refractivity contribution is -0.108. The van der Waals surface area contributed by atoms with Crippen LogP contribution in [0.2, 0.25) is 0 Å². The van der Waals surface area contributed by atoms with Gasteiger partial charge in [0.2, 0.25) is 6.41 Å². The van der Waals surface area contributed by atoms with Crippen LogP contribution < -0.4 is 5.32 Å². The molecule has 0 radical (unpaired) electrons. The summed E-state index contributed by atoms with van der Waals surface area (Å²) in [6, 6.07) is 19.8. The standard InChI is InChI=1S/C16H14N2O2/c19-12-17-15-11-16(20-18-15,13-7-3-1-4-8-13)14-9-5-2-6-10-14/h1-10,12H,11H2,(H,17,18,19). The van der Waals surface area contributed by atoms with Crippen LogP contribution in [0.5, 0.6) is 0 Å². The number of nitrogens with one attached hydrogen (secondary N) is 1. The fourth-order valence-electron chi connectivity index (χ4n) is 2.47. The third-order valence-corrected chi connectivity index (χ3v) is 3.43. The third-order valence-electron chi connectivity index (χ3n) is 3.43. The highest BCUT2D eigenvalue weighted by Crippen LogP contribution is 2.40. The van der Waals surface area contributed by atoms with Crippen molar-refractivity contribution in [2.45, 2.75) is 12.0 Å². The van der Waals surface area contributed by atoms with Crippen LogP contribution in [0.25, 0.3) is 0 Å². The predicted molar refractivity (Wildman–Crippen MR) is 76.0 cm³/mol. The van der Waals surface area contributed by atoms with Gasteiger partial charge in [-0.05, 0) is 0 Å². The first-order valence-electron chi connectivity index (χ1n) is 6.41. The number of hydrogen-bond donors (Lipinski definition) is 1. The van der Waals surface area contributed by atoms with Crippen LogP contribution in [0.1, 0.15) is 17.5 Å². The fraction of sp³-hybridized carbons (Fsp3) is 0.125. The van der Waals surface area contributed by atoms with Gasteiger partial charge in [-0.25, -0.2) is 0 Å². The minimum absolute atomic E-state index is 0.500. The van der Waals surface area contributed by atoms with Gasteiger partial charge in [-0.3, -0.25) is 4.79 Å². The van der Waals surface area contributed by atoms with E-state index in [4.69, 9.17) is 4.84 Å². The Morgan fingerprint density at radius 3 is 2.05 bits per heavy atom. The molecule has 1 N–H and O–H groups in total. The van der Waals surface area contributed by atoms with E-state index in [2.05, 4.69) is 10.5 Å². The molecule has 20 heavy (non-hydrogen) atoms. The molecule has 1 amide bonds. The Labute approximate surface area is 117 Å². The Bertz CT molecular complexity index is 584. The zero-order valence-electron chi connectivity index (χ0n) is 10.8. The molecular weight excluding hydrogens is 252 g/mol. The maximum Gasteiger partial charge on any atom is 0.212 e. The number of rotatable bonds is 3. The van der Waals surface area contributed by atoms with Crippen molar-refractivity contribution in [1.29, 1.82) is 0 Å². The number of nitrogens with zero attached hydrogens (tertiary/aromatic N) is 1. The Morgan fingerprint density at radius 1 is 1.00 bits per heavy atom. The molecule has 1 heterocycles. The van der Waals surface area contributed by atoms with Gasteiger partial charge in [0.05, 0.1) is 6.42 Å². The number of amides is 1. The van der Waals surface area contributed by atoms with Gasteiger partial charge in [0, 0.05) is 11.1 Å². The van der Waals surface area contributed by atoms with Gasteiger partial charge in [0.25, 0.3) is 0 Å². The summed E-state index contributed by atoms with van der Waals surface area (Å²) in [4.78, 5) is 16.3. The molecule has 0 bridgehead atoms. The van der Waals surface area contributed by atoms with Crippen molar-refractivity contribution in [2.75, 3.05) is 0 Å². The number of carbonyl (C=O) groups is 1. The summed E-state index contributed by atoms with van der Waals surface area (Å²) in [5.74, 6) is 0.535. The van der Waals surface area contributed by atoms with E-state index in [0.717, 1.165) is 11.1 Å². The van der Waals surface area contributed by atoms with E-state index >= 15 is 0 Å². The lowest BCUT2D eigenvalue weighted by atomic mass is 9.83. The molecule has 3 rings (SSSR count). The van der Waals surface area contributed by atoms with Gasteiger partial charge in [0.1, 0.15) is 0 Å². The van der Waals surface area contributed by atoms with Crippen LogP contribution >= 0.6 is 0 Å². The number of benzene rings is 2. The molecule has 0 aliphatic carbocycles. The molecule has 4 nitrogen and oxygen atoms in total. The summed E-state index contributed by atoms with van der Waals surface area (Å²) >= 11 is 0. The zero-order valence-corrected chi connectivity index (χ0v) is 10.8. The highest BCUT2D eigenvalue weighted by atomic mass is 16.7. The maximum atomic E-state index is 10.6. The van der Waals surface area contributed by atoms with Crippen LogP contribution in [0.4, 0.5) is 0 Å². The summed E-state index contributed by atoms with van der Waals surface area (Å²) in [5, 5.41) is 6.59. The average Bonchev–Trinajstić information content (AvgIpc) is 2.95. The summed E-state index contributed by atoms with van der Waals surface area (Å²) < 4.78 is 0. The Morgan fingerprint density at radius 2 is 1.55 bits per heavy atom. The summed E-state index contributed by atoms with van der Waals surface area (Å²) in [6.45, 7) is 0. The molecule has 0 aromatic heterocycles. The molecule has 0 saturated heterocycles. The predicted octanol–water partition coefficient (Wildman–Crippen LogP) is 2.41. The molecule has 1 aliphatic rings. The van der Waals surface area contributed by atoms with Crippen molar-refractivity contribution < 1.29 is 9.63 Å². The maximum absolute atomic E-state index is 10.6. The first-order valence-corrected chi connectivity index (χ1v) is 6.41. The monoisotopic (exact) mass is 266 g/mol. The van der Waals surface area contributed by atoms with Gasteiger partial charge >= 0.3 is 0 Å². The molecular formula is C16H14N2O2. The van der Waals surface area contributed by atoms with E-state index in [-0.39, 0.29) is 0 Å². The van der Waals surface area contributed by atoms with E-state index in [9.17, 15) is 4.79 Å². The number of oxime groups is 1. The molecule has 2 aromatic carbocycles. The van der Waals surface area contributed by atoms with Crippen LogP contribution in [0.3, 0.4) is 0 Å². The topological polar surface area (TPSA) is 50.7 Å². The smallest absolute Gasteiger partial charge is 0.212 e. The molecule has 1 aliphatic heterocycles. The number of carbonyl (C=O) groups excluding carboxylic acids is 1. The highest BCUT2D eigenvalue weighted by molar-refractivity contribution is 5.92. The summed E-state index contributed by atoms with van der Waals surface area (Å²) in [6.07, 6.45) is 1.12. The second kappa shape index (κ2) is 5.17. The first kappa shape index (κ1) is 12.4. The van der Waals surface area contributed by atoms with Crippen molar-refractivity contribution in [3.8, 4) is 0 Å². The molecule has 100 valence electrons. The van der Waals surface area contributed by atoms with Gasteiger partial charge in [-0.15, -0.1) is 0 Å². The van der Waals surface area contributed by atoms with Crippen molar-refractivity contribution in [1.82, 2.24) is 5.32 Å². The quantitative estimate of drug-likeness (QED) is 0.867. The Kier molecular flexibility index (Phi) is 3.21. The minimum Gasteiger partial charge on any atom is -0.377 e. The van der Waals surface area contributed by atoms with Crippen molar-refractivity contribution in [3.05, 3.63) is 71.8 Å². The molecule has 0 unspecified atom stereocenters. The van der Waals surface area contributed by atoms with Gasteiger partial charge < -0.3 is 10.2 Å². The summed E-state index contributed by atoms with van der Waals surface area (Å²) in [7, 11) is 0.